The number of ketones is 1. The predicted molar refractivity (Wildman–Crippen MR) is 133 cm³/mol. The van der Waals surface area contributed by atoms with Gasteiger partial charge in [-0.15, -0.1) is 0 Å². The average Bonchev–Trinajstić information content (AvgIpc) is 3.14. The van der Waals surface area contributed by atoms with Crippen molar-refractivity contribution in [3.05, 3.63) is 88.5 Å². The monoisotopic (exact) mass is 493 g/mol. The summed E-state index contributed by atoms with van der Waals surface area (Å²) < 4.78 is 16.3. The average molecular weight is 494 g/mol. The summed E-state index contributed by atoms with van der Waals surface area (Å²) in [5, 5.41) is 11.9. The highest BCUT2D eigenvalue weighted by Crippen LogP contribution is 2.44. The molecule has 1 atom stereocenters. The summed E-state index contributed by atoms with van der Waals surface area (Å²) in [5.74, 6) is -0.664. The Labute approximate surface area is 208 Å². The number of aliphatic hydroxyl groups excluding tert-OH is 1. The van der Waals surface area contributed by atoms with E-state index in [1.807, 2.05) is 6.92 Å². The second-order valence-electron chi connectivity index (χ2n) is 7.72. The summed E-state index contributed by atoms with van der Waals surface area (Å²) in [4.78, 5) is 28.1. The second-order valence-corrected chi connectivity index (χ2v) is 8.16. The van der Waals surface area contributed by atoms with Gasteiger partial charge in [0.15, 0.2) is 0 Å². The molecule has 8 heteroatoms. The van der Waals surface area contributed by atoms with E-state index in [2.05, 4.69) is 0 Å². The zero-order valence-electron chi connectivity index (χ0n) is 19.4. The van der Waals surface area contributed by atoms with Crippen LogP contribution < -0.4 is 19.1 Å². The molecule has 0 bridgehead atoms. The topological polar surface area (TPSA) is 85.3 Å². The number of carbonyl (C=O) groups is 2. The molecule has 1 heterocycles. The predicted octanol–water partition coefficient (Wildman–Crippen LogP) is 5.38. The Kier molecular flexibility index (Phi) is 6.98. The van der Waals surface area contributed by atoms with Crippen molar-refractivity contribution in [1.29, 1.82) is 0 Å². The van der Waals surface area contributed by atoms with Crippen LogP contribution in [0.2, 0.25) is 5.02 Å². The number of Topliss-reactive ketones (excluding diaryl/α,β-unsaturated/α-hetero) is 1. The number of hydrogen-bond acceptors (Lipinski definition) is 6. The molecule has 3 aromatic carbocycles. The molecule has 0 saturated carbocycles. The SMILES string of the molecule is CCOc1cccc(C2/C(=C(\O)c3cc(OC)ccc3OC)C(=O)C(=O)N2c2cccc(Cl)c2)c1. The molecule has 0 aliphatic carbocycles. The number of halogens is 1. The van der Waals surface area contributed by atoms with Crippen molar-refractivity contribution in [3.63, 3.8) is 0 Å². The Morgan fingerprint density at radius 1 is 0.971 bits per heavy atom. The van der Waals surface area contributed by atoms with Crippen molar-refractivity contribution >= 4 is 34.7 Å². The third-order valence-corrected chi connectivity index (χ3v) is 5.91. The maximum atomic E-state index is 13.4. The van der Waals surface area contributed by atoms with Gasteiger partial charge in [0.25, 0.3) is 11.7 Å². The normalized spacial score (nSPS) is 16.9. The maximum absolute atomic E-state index is 13.4. The third kappa shape index (κ3) is 4.55. The number of amides is 1. The summed E-state index contributed by atoms with van der Waals surface area (Å²) in [6.45, 7) is 2.30. The lowest BCUT2D eigenvalue weighted by Gasteiger charge is -2.26. The van der Waals surface area contributed by atoms with E-state index in [-0.39, 0.29) is 16.9 Å². The van der Waals surface area contributed by atoms with Crippen LogP contribution in [0.3, 0.4) is 0 Å². The van der Waals surface area contributed by atoms with Crippen molar-refractivity contribution in [2.24, 2.45) is 0 Å². The van der Waals surface area contributed by atoms with Gasteiger partial charge in [0.05, 0.1) is 38.0 Å². The number of benzene rings is 3. The van der Waals surface area contributed by atoms with Gasteiger partial charge in [0.2, 0.25) is 0 Å². The van der Waals surface area contributed by atoms with E-state index in [4.69, 9.17) is 25.8 Å². The van der Waals surface area contributed by atoms with Gasteiger partial charge in [-0.3, -0.25) is 14.5 Å². The summed E-state index contributed by atoms with van der Waals surface area (Å²) in [6, 6.07) is 17.6. The molecule has 1 N–H and O–H groups in total. The summed E-state index contributed by atoms with van der Waals surface area (Å²) in [6.07, 6.45) is 0. The van der Waals surface area contributed by atoms with Gasteiger partial charge in [-0.1, -0.05) is 29.8 Å². The van der Waals surface area contributed by atoms with E-state index in [9.17, 15) is 14.7 Å². The molecule has 1 saturated heterocycles. The molecule has 1 aliphatic heterocycles. The lowest BCUT2D eigenvalue weighted by Crippen LogP contribution is -2.29. The van der Waals surface area contributed by atoms with E-state index < -0.39 is 17.7 Å². The fourth-order valence-electron chi connectivity index (χ4n) is 4.13. The fraction of sp³-hybridized carbons (Fsp3) is 0.185. The Morgan fingerprint density at radius 3 is 2.43 bits per heavy atom. The number of nitrogens with zero attached hydrogens (tertiary/aromatic N) is 1. The molecule has 1 amide bonds. The van der Waals surface area contributed by atoms with Crippen molar-refractivity contribution in [2.45, 2.75) is 13.0 Å². The minimum Gasteiger partial charge on any atom is -0.507 e. The van der Waals surface area contributed by atoms with E-state index in [1.165, 1.54) is 19.1 Å². The smallest absolute Gasteiger partial charge is 0.300 e. The highest BCUT2D eigenvalue weighted by atomic mass is 35.5. The molecule has 0 spiro atoms. The van der Waals surface area contributed by atoms with Crippen LogP contribution in [-0.2, 0) is 9.59 Å². The molecular weight excluding hydrogens is 470 g/mol. The first-order valence-electron chi connectivity index (χ1n) is 10.9. The van der Waals surface area contributed by atoms with Crippen molar-refractivity contribution in [2.75, 3.05) is 25.7 Å². The number of hydrogen-bond donors (Lipinski definition) is 1. The molecule has 3 aromatic rings. The molecule has 4 rings (SSSR count). The van der Waals surface area contributed by atoms with Gasteiger partial charge in [0, 0.05) is 10.7 Å². The van der Waals surface area contributed by atoms with Gasteiger partial charge in [-0.25, -0.2) is 0 Å². The van der Waals surface area contributed by atoms with Gasteiger partial charge < -0.3 is 19.3 Å². The Hall–Kier alpha value is -3.97. The number of ether oxygens (including phenoxy) is 3. The number of aliphatic hydroxyl groups is 1. The lowest BCUT2D eigenvalue weighted by atomic mass is 9.94. The van der Waals surface area contributed by atoms with E-state index in [0.29, 0.717) is 40.1 Å². The summed E-state index contributed by atoms with van der Waals surface area (Å²) in [5.41, 5.74) is 1.14. The van der Waals surface area contributed by atoms with Crippen LogP contribution in [0.1, 0.15) is 24.1 Å². The fourth-order valence-corrected chi connectivity index (χ4v) is 4.31. The number of rotatable bonds is 7. The lowest BCUT2D eigenvalue weighted by molar-refractivity contribution is -0.132. The van der Waals surface area contributed by atoms with Crippen LogP contribution in [0.25, 0.3) is 5.76 Å². The Balaban J connectivity index is 1.99. The van der Waals surface area contributed by atoms with Gasteiger partial charge in [-0.2, -0.15) is 0 Å². The molecule has 1 unspecified atom stereocenters. The first-order valence-corrected chi connectivity index (χ1v) is 11.3. The molecule has 1 aliphatic rings. The third-order valence-electron chi connectivity index (χ3n) is 5.68. The maximum Gasteiger partial charge on any atom is 0.300 e. The molecule has 180 valence electrons. The van der Waals surface area contributed by atoms with Crippen LogP contribution in [0, 0.1) is 0 Å². The first-order chi connectivity index (χ1) is 16.9. The number of carbonyl (C=O) groups excluding carboxylic acids is 2. The standard InChI is InChI=1S/C27H24ClNO6/c1-4-35-20-10-5-7-16(13-20)24-23(25(30)21-15-19(33-2)11-12-22(21)34-3)26(31)27(32)29(24)18-9-6-8-17(28)14-18/h5-15,24,30H,4H2,1-3H3/b25-23+. The van der Waals surface area contributed by atoms with E-state index >= 15 is 0 Å². The van der Waals surface area contributed by atoms with Crippen LogP contribution in [-0.4, -0.2) is 37.6 Å². The van der Waals surface area contributed by atoms with Crippen molar-refractivity contribution in [1.82, 2.24) is 0 Å². The van der Waals surface area contributed by atoms with Crippen LogP contribution >= 0.6 is 11.6 Å². The Bertz CT molecular complexity index is 1320. The quantitative estimate of drug-likeness (QED) is 0.270. The van der Waals surface area contributed by atoms with Crippen LogP contribution in [0.5, 0.6) is 17.2 Å². The zero-order valence-corrected chi connectivity index (χ0v) is 20.2. The minimum atomic E-state index is -0.940. The molecule has 0 aromatic heterocycles. The van der Waals surface area contributed by atoms with E-state index in [0.717, 1.165) is 0 Å². The second kappa shape index (κ2) is 10.1. The Morgan fingerprint density at radius 2 is 1.74 bits per heavy atom. The van der Waals surface area contributed by atoms with Gasteiger partial charge in [-0.05, 0) is 61.0 Å². The largest absolute Gasteiger partial charge is 0.507 e. The van der Waals surface area contributed by atoms with Crippen LogP contribution in [0.15, 0.2) is 72.3 Å². The molecule has 1 fully saturated rings. The molecule has 35 heavy (non-hydrogen) atoms. The highest BCUT2D eigenvalue weighted by molar-refractivity contribution is 6.51. The summed E-state index contributed by atoms with van der Waals surface area (Å²) >= 11 is 6.20. The highest BCUT2D eigenvalue weighted by Gasteiger charge is 2.47. The first kappa shape index (κ1) is 24.2. The van der Waals surface area contributed by atoms with E-state index in [1.54, 1.807) is 66.7 Å². The van der Waals surface area contributed by atoms with Crippen LogP contribution in [0.4, 0.5) is 5.69 Å². The van der Waals surface area contributed by atoms with Gasteiger partial charge >= 0.3 is 0 Å². The van der Waals surface area contributed by atoms with Gasteiger partial charge in [0.1, 0.15) is 23.0 Å². The molecular formula is C27H24ClNO6. The zero-order chi connectivity index (χ0) is 25.1. The molecule has 0 radical (unpaired) electrons. The molecule has 7 nitrogen and oxygen atoms in total. The van der Waals surface area contributed by atoms with Crippen molar-refractivity contribution < 1.29 is 28.9 Å². The van der Waals surface area contributed by atoms with Crippen molar-refractivity contribution in [3.8, 4) is 17.2 Å². The number of anilines is 1. The minimum absolute atomic E-state index is 0.0878. The summed E-state index contributed by atoms with van der Waals surface area (Å²) in [7, 11) is 2.94. The number of methoxy groups -OCH3 is 2.